The molecule has 4 nitrogen and oxygen atoms in total. The molecule has 1 N–H and O–H groups in total. The van der Waals surface area contributed by atoms with E-state index in [4.69, 9.17) is 0 Å². The normalized spacial score (nSPS) is 13.1. The van der Waals surface area contributed by atoms with Gasteiger partial charge in [-0.2, -0.15) is 0 Å². The average Bonchev–Trinajstić information content (AvgIpc) is 3.22. The van der Waals surface area contributed by atoms with Gasteiger partial charge in [0.25, 0.3) is 5.91 Å². The SMILES string of the molecule is CCC(C)CNC(=O)c1ccc(S(=O)n2cc(-c3ccccc3)c3ccccc32)cc1. The fourth-order valence-corrected chi connectivity index (χ4v) is 4.62. The van der Waals surface area contributed by atoms with Crippen molar-refractivity contribution in [2.75, 3.05) is 6.54 Å². The van der Waals surface area contributed by atoms with Crippen LogP contribution in [-0.2, 0) is 11.0 Å². The summed E-state index contributed by atoms with van der Waals surface area (Å²) in [6.45, 7) is 4.87. The Morgan fingerprint density at radius 3 is 2.35 bits per heavy atom. The monoisotopic (exact) mass is 430 g/mol. The number of nitrogens with one attached hydrogen (secondary N) is 1. The van der Waals surface area contributed by atoms with Gasteiger partial charge < -0.3 is 5.32 Å². The molecule has 0 radical (unpaired) electrons. The molecule has 4 rings (SSSR count). The largest absolute Gasteiger partial charge is 0.352 e. The van der Waals surface area contributed by atoms with Gasteiger partial charge in [-0.1, -0.05) is 68.8 Å². The Morgan fingerprint density at radius 1 is 0.968 bits per heavy atom. The van der Waals surface area contributed by atoms with Gasteiger partial charge in [0, 0.05) is 29.3 Å². The van der Waals surface area contributed by atoms with Crippen LogP contribution in [-0.4, -0.2) is 20.6 Å². The lowest BCUT2D eigenvalue weighted by Gasteiger charge is -2.10. The van der Waals surface area contributed by atoms with Crippen molar-refractivity contribution in [1.29, 1.82) is 0 Å². The zero-order chi connectivity index (χ0) is 21.8. The molecule has 0 spiro atoms. The van der Waals surface area contributed by atoms with E-state index in [-0.39, 0.29) is 5.91 Å². The second kappa shape index (κ2) is 9.31. The molecule has 2 unspecified atom stereocenters. The molecule has 5 heteroatoms. The first-order valence-corrected chi connectivity index (χ1v) is 11.6. The predicted octanol–water partition coefficient (Wildman–Crippen LogP) is 5.66. The summed E-state index contributed by atoms with van der Waals surface area (Å²) in [6, 6.07) is 25.1. The molecular weight excluding hydrogens is 404 g/mol. The van der Waals surface area contributed by atoms with Crippen LogP contribution in [0.3, 0.4) is 0 Å². The molecule has 0 aliphatic carbocycles. The van der Waals surface area contributed by atoms with Gasteiger partial charge in [-0.05, 0) is 41.8 Å². The summed E-state index contributed by atoms with van der Waals surface area (Å²) in [4.78, 5) is 13.0. The van der Waals surface area contributed by atoms with Gasteiger partial charge in [-0.15, -0.1) is 0 Å². The Kier molecular flexibility index (Phi) is 6.33. The van der Waals surface area contributed by atoms with Crippen LogP contribution in [0.4, 0.5) is 0 Å². The van der Waals surface area contributed by atoms with Crippen molar-refractivity contribution in [1.82, 2.24) is 9.29 Å². The molecule has 1 amide bonds. The summed E-state index contributed by atoms with van der Waals surface area (Å²) in [5, 5.41) is 4.01. The fraction of sp³-hybridized carbons (Fsp3) is 0.192. The second-order valence-corrected chi connectivity index (χ2v) is 9.11. The van der Waals surface area contributed by atoms with Crippen LogP contribution in [0.5, 0.6) is 0 Å². The van der Waals surface area contributed by atoms with Crippen molar-refractivity contribution in [2.24, 2.45) is 5.92 Å². The van der Waals surface area contributed by atoms with Crippen LogP contribution in [0.2, 0.25) is 0 Å². The summed E-state index contributed by atoms with van der Waals surface area (Å²) in [5.41, 5.74) is 3.62. The summed E-state index contributed by atoms with van der Waals surface area (Å²) >= 11 is 0. The lowest BCUT2D eigenvalue weighted by Crippen LogP contribution is -2.28. The molecule has 3 aromatic carbocycles. The van der Waals surface area contributed by atoms with E-state index in [2.05, 4.69) is 37.4 Å². The smallest absolute Gasteiger partial charge is 0.251 e. The molecule has 0 aliphatic rings. The zero-order valence-corrected chi connectivity index (χ0v) is 18.6. The molecule has 0 fully saturated rings. The number of amides is 1. The number of fused-ring (bicyclic) bond motifs is 1. The highest BCUT2D eigenvalue weighted by molar-refractivity contribution is 7.83. The lowest BCUT2D eigenvalue weighted by atomic mass is 10.1. The molecule has 0 bridgehead atoms. The third kappa shape index (κ3) is 4.47. The highest BCUT2D eigenvalue weighted by Crippen LogP contribution is 2.31. The molecule has 2 atom stereocenters. The summed E-state index contributed by atoms with van der Waals surface area (Å²) < 4.78 is 15.2. The number of carbonyl (C=O) groups excluding carboxylic acids is 1. The van der Waals surface area contributed by atoms with Gasteiger partial charge in [-0.3, -0.25) is 8.77 Å². The Labute approximate surface area is 185 Å². The fourth-order valence-electron chi connectivity index (χ4n) is 3.48. The topological polar surface area (TPSA) is 51.1 Å². The minimum Gasteiger partial charge on any atom is -0.352 e. The Hall–Kier alpha value is -3.18. The zero-order valence-electron chi connectivity index (χ0n) is 17.7. The number of carbonyl (C=O) groups is 1. The molecule has 1 aromatic heterocycles. The Bertz CT molecular complexity index is 1210. The van der Waals surface area contributed by atoms with E-state index in [1.165, 1.54) is 0 Å². The summed E-state index contributed by atoms with van der Waals surface area (Å²) in [5.74, 6) is 0.340. The van der Waals surface area contributed by atoms with Gasteiger partial charge in [0.05, 0.1) is 10.4 Å². The van der Waals surface area contributed by atoms with Crippen molar-refractivity contribution in [3.8, 4) is 11.1 Å². The number of aromatic nitrogens is 1. The van der Waals surface area contributed by atoms with Crippen molar-refractivity contribution < 1.29 is 9.00 Å². The number of para-hydroxylation sites is 1. The number of rotatable bonds is 7. The maximum absolute atomic E-state index is 13.4. The van der Waals surface area contributed by atoms with E-state index in [0.29, 0.717) is 22.9 Å². The molecule has 0 saturated carbocycles. The quantitative estimate of drug-likeness (QED) is 0.412. The lowest BCUT2D eigenvalue weighted by molar-refractivity contribution is 0.0947. The predicted molar refractivity (Wildman–Crippen MR) is 127 cm³/mol. The van der Waals surface area contributed by atoms with Crippen molar-refractivity contribution in [3.63, 3.8) is 0 Å². The van der Waals surface area contributed by atoms with Gasteiger partial charge >= 0.3 is 0 Å². The van der Waals surface area contributed by atoms with Crippen LogP contribution >= 0.6 is 0 Å². The van der Waals surface area contributed by atoms with E-state index in [9.17, 15) is 9.00 Å². The van der Waals surface area contributed by atoms with Crippen molar-refractivity contribution in [3.05, 3.63) is 90.6 Å². The van der Waals surface area contributed by atoms with Gasteiger partial charge in [-0.25, -0.2) is 4.21 Å². The molecule has 1 heterocycles. The minimum absolute atomic E-state index is 0.101. The maximum atomic E-state index is 13.4. The number of nitrogens with zero attached hydrogens (tertiary/aromatic N) is 1. The standard InChI is InChI=1S/C26H26N2O2S/c1-3-19(2)17-27-26(29)21-13-15-22(16-14-21)31(30)28-18-24(20-9-5-4-6-10-20)23-11-7-8-12-25(23)28/h4-16,18-19H,3,17H2,1-2H3,(H,27,29). The van der Waals surface area contributed by atoms with E-state index in [0.717, 1.165) is 28.5 Å². The van der Waals surface area contributed by atoms with Crippen LogP contribution < -0.4 is 5.32 Å². The van der Waals surface area contributed by atoms with Crippen molar-refractivity contribution >= 4 is 27.8 Å². The first-order valence-electron chi connectivity index (χ1n) is 10.5. The molecule has 31 heavy (non-hydrogen) atoms. The van der Waals surface area contributed by atoms with Crippen LogP contribution in [0, 0.1) is 5.92 Å². The molecule has 158 valence electrons. The highest BCUT2D eigenvalue weighted by Gasteiger charge is 2.16. The third-order valence-electron chi connectivity index (χ3n) is 5.57. The molecule has 0 saturated heterocycles. The van der Waals surface area contributed by atoms with E-state index >= 15 is 0 Å². The highest BCUT2D eigenvalue weighted by atomic mass is 32.2. The van der Waals surface area contributed by atoms with Gasteiger partial charge in [0.15, 0.2) is 11.0 Å². The molecule has 0 aliphatic heterocycles. The van der Waals surface area contributed by atoms with Gasteiger partial charge in [0.1, 0.15) is 0 Å². The van der Waals surface area contributed by atoms with Crippen molar-refractivity contribution in [2.45, 2.75) is 25.2 Å². The Balaban J connectivity index is 1.62. The van der Waals surface area contributed by atoms with E-state index in [1.54, 1.807) is 28.2 Å². The first-order chi connectivity index (χ1) is 15.1. The summed E-state index contributed by atoms with van der Waals surface area (Å²) in [6.07, 6.45) is 2.97. The third-order valence-corrected chi connectivity index (χ3v) is 6.90. The van der Waals surface area contributed by atoms with Crippen LogP contribution in [0.1, 0.15) is 30.6 Å². The number of benzene rings is 3. The number of hydrogen-bond acceptors (Lipinski definition) is 2. The minimum atomic E-state index is -1.42. The van der Waals surface area contributed by atoms with E-state index < -0.39 is 11.0 Å². The Morgan fingerprint density at radius 2 is 1.65 bits per heavy atom. The van der Waals surface area contributed by atoms with Crippen LogP contribution in [0.15, 0.2) is 90.0 Å². The number of hydrogen-bond donors (Lipinski definition) is 1. The second-order valence-electron chi connectivity index (χ2n) is 7.75. The first kappa shape index (κ1) is 21.1. The van der Waals surface area contributed by atoms with Crippen LogP contribution in [0.25, 0.3) is 22.0 Å². The molecule has 4 aromatic rings. The van der Waals surface area contributed by atoms with E-state index in [1.807, 2.05) is 42.6 Å². The average molecular weight is 431 g/mol. The van der Waals surface area contributed by atoms with Gasteiger partial charge in [0.2, 0.25) is 0 Å². The maximum Gasteiger partial charge on any atom is 0.251 e. The molecular formula is C26H26N2O2S. The summed E-state index contributed by atoms with van der Waals surface area (Å²) in [7, 11) is -1.42.